The molecular weight excluding hydrogens is 282 g/mol. The number of benzene rings is 1. The maximum Gasteiger partial charge on any atom is 0.101 e. The standard InChI is InChI=1S/C20H18N3/c1-2-6-16-12(4-1)13-9-11-23-17-8-7-15(20(23)19(13)22-16)18-14(17)5-3-10-21-18/h1-6,9-10,14-15,17-18H,7-8,11H2/q-1/p+1. The van der Waals surface area contributed by atoms with Gasteiger partial charge in [0.2, 0.25) is 0 Å². The lowest BCUT2D eigenvalue weighted by Gasteiger charge is -2.52. The van der Waals surface area contributed by atoms with Crippen LogP contribution in [0.1, 0.15) is 12.8 Å². The molecule has 1 aromatic carbocycles. The highest BCUT2D eigenvalue weighted by molar-refractivity contribution is 5.81. The van der Waals surface area contributed by atoms with Crippen LogP contribution in [0.5, 0.6) is 0 Å². The van der Waals surface area contributed by atoms with Gasteiger partial charge >= 0.3 is 0 Å². The molecule has 23 heavy (non-hydrogen) atoms. The lowest BCUT2D eigenvalue weighted by molar-refractivity contribution is -0.865. The van der Waals surface area contributed by atoms with Crippen molar-refractivity contribution in [1.82, 2.24) is 4.98 Å². The average Bonchev–Trinajstić information content (AvgIpc) is 3.01. The summed E-state index contributed by atoms with van der Waals surface area (Å²) < 4.78 is 0. The molecule has 5 atom stereocenters. The Morgan fingerprint density at radius 3 is 3.13 bits per heavy atom. The number of piperidine rings is 2. The first-order valence-electron chi connectivity index (χ1n) is 8.74. The van der Waals surface area contributed by atoms with Gasteiger partial charge in [0.05, 0.1) is 23.6 Å². The van der Waals surface area contributed by atoms with Crippen LogP contribution in [-0.2, 0) is 0 Å². The Morgan fingerprint density at radius 1 is 1.17 bits per heavy atom. The van der Waals surface area contributed by atoms with E-state index in [4.69, 9.17) is 9.98 Å². The fourth-order valence-electron chi connectivity index (χ4n) is 5.49. The molecule has 3 heteroatoms. The smallest absolute Gasteiger partial charge is 0.101 e. The molecule has 3 nitrogen and oxygen atoms in total. The van der Waals surface area contributed by atoms with Crippen molar-refractivity contribution in [2.75, 3.05) is 6.54 Å². The van der Waals surface area contributed by atoms with Crippen LogP contribution in [0, 0.1) is 11.8 Å². The van der Waals surface area contributed by atoms with E-state index < -0.39 is 0 Å². The summed E-state index contributed by atoms with van der Waals surface area (Å²) in [6, 6.07) is 9.71. The van der Waals surface area contributed by atoms with E-state index >= 15 is 0 Å². The molecule has 0 amide bonds. The number of nitrogens with zero attached hydrogens (tertiary/aromatic N) is 2. The molecule has 5 heterocycles. The second kappa shape index (κ2) is 4.24. The van der Waals surface area contributed by atoms with Crippen molar-refractivity contribution in [2.45, 2.75) is 24.9 Å². The number of allylic oxidation sites excluding steroid dienone is 1. The summed E-state index contributed by atoms with van der Waals surface area (Å²) >= 11 is 0. The molecule has 5 aliphatic rings. The van der Waals surface area contributed by atoms with Crippen LogP contribution >= 0.6 is 0 Å². The van der Waals surface area contributed by atoms with Gasteiger partial charge in [0.15, 0.2) is 0 Å². The number of nitrogens with one attached hydrogen (secondary N) is 1. The van der Waals surface area contributed by atoms with E-state index in [1.54, 1.807) is 10.6 Å². The van der Waals surface area contributed by atoms with Gasteiger partial charge in [-0.3, -0.25) is 4.99 Å². The number of fused-ring (bicyclic) bond motifs is 4. The van der Waals surface area contributed by atoms with Crippen LogP contribution in [0.4, 0.5) is 0 Å². The zero-order valence-electron chi connectivity index (χ0n) is 12.9. The largest absolute Gasteiger partial charge is 0.652 e. The fraction of sp³-hybridized carbons (Fsp3) is 0.350. The average molecular weight is 301 g/mol. The maximum atomic E-state index is 5.03. The monoisotopic (exact) mass is 301 g/mol. The van der Waals surface area contributed by atoms with Gasteiger partial charge in [-0.15, -0.1) is 5.52 Å². The molecular formula is C20H19N3. The van der Waals surface area contributed by atoms with E-state index in [9.17, 15) is 0 Å². The van der Waals surface area contributed by atoms with Crippen molar-refractivity contribution in [3.05, 3.63) is 47.0 Å². The normalized spacial score (nSPS) is 36.5. The topological polar surface area (TPSA) is 30.9 Å². The van der Waals surface area contributed by atoms with Crippen molar-refractivity contribution in [2.24, 2.45) is 16.8 Å². The van der Waals surface area contributed by atoms with E-state index in [1.165, 1.54) is 28.8 Å². The Bertz CT molecular complexity index is 994. The molecule has 4 aliphatic heterocycles. The van der Waals surface area contributed by atoms with Gasteiger partial charge in [0.1, 0.15) is 12.6 Å². The van der Waals surface area contributed by atoms with Gasteiger partial charge in [-0.25, -0.2) is 0 Å². The first-order chi connectivity index (χ1) is 11.4. The predicted molar refractivity (Wildman–Crippen MR) is 91.6 cm³/mol. The van der Waals surface area contributed by atoms with Gasteiger partial charge in [0, 0.05) is 12.6 Å². The minimum atomic E-state index is 0.447. The number of aromatic nitrogens is 1. The van der Waals surface area contributed by atoms with Crippen LogP contribution in [0.2, 0.25) is 0 Å². The van der Waals surface area contributed by atoms with E-state index in [-0.39, 0.29) is 0 Å². The van der Waals surface area contributed by atoms with Gasteiger partial charge in [0.25, 0.3) is 0 Å². The van der Waals surface area contributed by atoms with Crippen molar-refractivity contribution < 1.29 is 4.90 Å². The fourth-order valence-corrected chi connectivity index (χ4v) is 5.49. The number of rotatable bonds is 0. The van der Waals surface area contributed by atoms with E-state index in [0.717, 1.165) is 12.1 Å². The van der Waals surface area contributed by atoms with E-state index in [2.05, 4.69) is 42.5 Å². The van der Waals surface area contributed by atoms with Crippen molar-refractivity contribution >= 4 is 28.9 Å². The van der Waals surface area contributed by atoms with Crippen molar-refractivity contribution in [3.8, 4) is 0 Å². The zero-order chi connectivity index (χ0) is 15.0. The molecule has 7 rings (SSSR count). The molecule has 2 saturated heterocycles. The Kier molecular flexibility index (Phi) is 2.27. The van der Waals surface area contributed by atoms with Gasteiger partial charge in [-0.1, -0.05) is 35.7 Å². The van der Waals surface area contributed by atoms with Crippen LogP contribution in [0.3, 0.4) is 0 Å². The van der Waals surface area contributed by atoms with E-state index in [0.29, 0.717) is 23.9 Å². The number of para-hydroxylation sites is 1. The molecule has 1 saturated carbocycles. The third kappa shape index (κ3) is 1.46. The second-order valence-electron chi connectivity index (χ2n) is 7.28. The van der Waals surface area contributed by atoms with Gasteiger partial charge < -0.3 is 9.88 Å². The number of hydrogen-bond donors (Lipinski definition) is 1. The SMILES string of the molecule is C1=CC2C(N=C1)C1CCC2[NH+]2CC=c3c([n-]c4ccccc34)=C12. The van der Waals surface area contributed by atoms with Crippen LogP contribution in [0.15, 0.2) is 41.4 Å². The Labute approximate surface area is 134 Å². The minimum Gasteiger partial charge on any atom is -0.652 e. The third-order valence-corrected chi connectivity index (χ3v) is 6.36. The number of aliphatic imine (C=N–C) groups is 1. The zero-order valence-corrected chi connectivity index (χ0v) is 12.9. The molecule has 1 N–H and O–H groups in total. The van der Waals surface area contributed by atoms with Crippen LogP contribution in [0.25, 0.3) is 22.7 Å². The quantitative estimate of drug-likeness (QED) is 0.730. The van der Waals surface area contributed by atoms with Crippen molar-refractivity contribution in [1.29, 1.82) is 0 Å². The molecule has 1 aromatic heterocycles. The highest BCUT2D eigenvalue weighted by atomic mass is 15.2. The Morgan fingerprint density at radius 2 is 2.13 bits per heavy atom. The van der Waals surface area contributed by atoms with E-state index in [1.807, 2.05) is 6.21 Å². The Hall–Kier alpha value is -2.13. The van der Waals surface area contributed by atoms with Crippen LogP contribution in [-0.4, -0.2) is 24.8 Å². The third-order valence-electron chi connectivity index (χ3n) is 6.36. The summed E-state index contributed by atoms with van der Waals surface area (Å²) in [6.07, 6.45) is 11.6. The highest BCUT2D eigenvalue weighted by Gasteiger charge is 2.53. The molecule has 1 aliphatic carbocycles. The molecule has 0 radical (unpaired) electrons. The van der Waals surface area contributed by atoms with Gasteiger partial charge in [-0.05, 0) is 29.2 Å². The number of hydrogen-bond acceptors (Lipinski definition) is 1. The summed E-state index contributed by atoms with van der Waals surface area (Å²) in [5, 5.41) is 3.96. The molecule has 5 unspecified atom stereocenters. The highest BCUT2D eigenvalue weighted by Crippen LogP contribution is 2.40. The molecule has 2 aromatic rings. The Balaban J connectivity index is 1.68. The number of quaternary nitrogens is 1. The lowest BCUT2D eigenvalue weighted by atomic mass is 9.66. The van der Waals surface area contributed by atoms with Gasteiger partial charge in [-0.2, -0.15) is 0 Å². The first kappa shape index (κ1) is 12.3. The minimum absolute atomic E-state index is 0.447. The summed E-state index contributed by atoms with van der Waals surface area (Å²) in [6.45, 7) is 1.11. The maximum absolute atomic E-state index is 5.03. The summed E-state index contributed by atoms with van der Waals surface area (Å²) in [5.41, 5.74) is 2.70. The molecule has 0 spiro atoms. The first-order valence-corrected chi connectivity index (χ1v) is 8.74. The molecule has 2 bridgehead atoms. The van der Waals surface area contributed by atoms with Crippen LogP contribution < -0.4 is 20.5 Å². The number of dihydropyridines is 1. The molecule has 3 fully saturated rings. The summed E-state index contributed by atoms with van der Waals surface area (Å²) in [5.74, 6) is 1.19. The molecule has 114 valence electrons. The summed E-state index contributed by atoms with van der Waals surface area (Å²) in [7, 11) is 0. The predicted octanol–water partition coefficient (Wildman–Crippen LogP) is 0.00180. The lowest BCUT2D eigenvalue weighted by Crippen LogP contribution is -3.18. The summed E-state index contributed by atoms with van der Waals surface area (Å²) in [4.78, 5) is 11.6. The van der Waals surface area contributed by atoms with Crippen molar-refractivity contribution in [3.63, 3.8) is 0 Å². The second-order valence-corrected chi connectivity index (χ2v) is 7.28.